The molecule has 0 aromatic heterocycles. The second kappa shape index (κ2) is 4.66. The molecule has 110 valence electrons. The minimum Gasteiger partial charge on any atom is -0.449 e. The molecule has 0 saturated heterocycles. The summed E-state index contributed by atoms with van der Waals surface area (Å²) >= 11 is 0. The summed E-state index contributed by atoms with van der Waals surface area (Å²) in [5.74, 6) is 1.17. The second-order valence-corrected chi connectivity index (χ2v) is 6.76. The van der Waals surface area contributed by atoms with E-state index in [2.05, 4.69) is 19.1 Å². The van der Waals surface area contributed by atoms with Gasteiger partial charge in [-0.05, 0) is 43.0 Å². The van der Waals surface area contributed by atoms with Gasteiger partial charge in [-0.15, -0.1) is 0 Å². The molecule has 0 spiro atoms. The van der Waals surface area contributed by atoms with E-state index in [-0.39, 0.29) is 5.41 Å². The monoisotopic (exact) mass is 275 g/mol. The van der Waals surface area contributed by atoms with Crippen molar-refractivity contribution in [3.8, 4) is 11.5 Å². The van der Waals surface area contributed by atoms with Crippen LogP contribution in [0.25, 0.3) is 0 Å². The first-order chi connectivity index (χ1) is 9.46. The topological polar surface area (TPSA) is 44.5 Å². The lowest BCUT2D eigenvalue weighted by Gasteiger charge is -2.38. The Labute approximate surface area is 121 Å². The van der Waals surface area contributed by atoms with Gasteiger partial charge in [0, 0.05) is 25.8 Å². The minimum atomic E-state index is -0.560. The van der Waals surface area contributed by atoms with Crippen LogP contribution in [-0.4, -0.2) is 12.3 Å². The molecule has 1 aliphatic heterocycles. The van der Waals surface area contributed by atoms with E-state index in [1.807, 2.05) is 13.8 Å². The third-order valence-corrected chi connectivity index (χ3v) is 4.77. The van der Waals surface area contributed by atoms with E-state index in [0.29, 0.717) is 0 Å². The Kier molecular flexibility index (Phi) is 3.20. The molecule has 3 rings (SSSR count). The van der Waals surface area contributed by atoms with Gasteiger partial charge in [0.2, 0.25) is 5.79 Å². The van der Waals surface area contributed by atoms with Gasteiger partial charge in [0.1, 0.15) is 0 Å². The summed E-state index contributed by atoms with van der Waals surface area (Å²) in [5.41, 5.74) is 8.93. The van der Waals surface area contributed by atoms with Gasteiger partial charge in [-0.3, -0.25) is 0 Å². The van der Waals surface area contributed by atoms with E-state index in [1.54, 1.807) is 0 Å². The van der Waals surface area contributed by atoms with Crippen molar-refractivity contribution in [3.05, 3.63) is 23.3 Å². The third-order valence-electron chi connectivity index (χ3n) is 4.77. The Morgan fingerprint density at radius 2 is 1.65 bits per heavy atom. The van der Waals surface area contributed by atoms with Crippen LogP contribution < -0.4 is 15.2 Å². The molecule has 3 heteroatoms. The third kappa shape index (κ3) is 2.18. The Morgan fingerprint density at radius 1 is 1.05 bits per heavy atom. The molecule has 0 unspecified atom stereocenters. The molecule has 1 fully saturated rings. The Balaban J connectivity index is 2.03. The molecule has 0 atom stereocenters. The average Bonchev–Trinajstić information content (AvgIpc) is 2.71. The first-order valence-corrected chi connectivity index (χ1v) is 7.69. The summed E-state index contributed by atoms with van der Waals surface area (Å²) < 4.78 is 11.7. The van der Waals surface area contributed by atoms with E-state index in [0.717, 1.165) is 18.0 Å². The first-order valence-electron chi connectivity index (χ1n) is 7.69. The van der Waals surface area contributed by atoms with Crippen LogP contribution in [-0.2, 0) is 5.41 Å². The molecule has 20 heavy (non-hydrogen) atoms. The van der Waals surface area contributed by atoms with Gasteiger partial charge in [-0.2, -0.15) is 0 Å². The zero-order chi connectivity index (χ0) is 14.4. The van der Waals surface area contributed by atoms with Crippen molar-refractivity contribution in [2.45, 2.75) is 64.1 Å². The van der Waals surface area contributed by atoms with Gasteiger partial charge in [0.15, 0.2) is 11.5 Å². The molecule has 2 N–H and O–H groups in total. The number of rotatable bonds is 2. The van der Waals surface area contributed by atoms with Crippen LogP contribution in [0.3, 0.4) is 0 Å². The van der Waals surface area contributed by atoms with Gasteiger partial charge >= 0.3 is 0 Å². The maximum Gasteiger partial charge on any atom is 0.246 e. The molecule has 1 saturated carbocycles. The maximum atomic E-state index is 6.17. The summed E-state index contributed by atoms with van der Waals surface area (Å²) in [6, 6.07) is 4.29. The van der Waals surface area contributed by atoms with Crippen molar-refractivity contribution in [2.75, 3.05) is 6.54 Å². The molecule has 2 aliphatic rings. The first kappa shape index (κ1) is 13.7. The highest BCUT2D eigenvalue weighted by Gasteiger charge is 2.37. The fraction of sp³-hybridized carbons (Fsp3) is 0.647. The molecular weight excluding hydrogens is 250 g/mol. The van der Waals surface area contributed by atoms with Crippen molar-refractivity contribution < 1.29 is 9.47 Å². The van der Waals surface area contributed by atoms with Gasteiger partial charge in [0.05, 0.1) is 0 Å². The van der Waals surface area contributed by atoms with Crippen molar-refractivity contribution >= 4 is 0 Å². The van der Waals surface area contributed by atoms with Crippen LogP contribution in [0.5, 0.6) is 11.5 Å². The number of nitrogens with two attached hydrogens (primary N) is 1. The van der Waals surface area contributed by atoms with Crippen LogP contribution in [0.15, 0.2) is 12.1 Å². The van der Waals surface area contributed by atoms with Gasteiger partial charge in [-0.1, -0.05) is 19.3 Å². The predicted molar refractivity (Wildman–Crippen MR) is 80.3 cm³/mol. The number of benzene rings is 1. The number of aryl methyl sites for hydroxylation is 1. The van der Waals surface area contributed by atoms with E-state index < -0.39 is 5.79 Å². The largest absolute Gasteiger partial charge is 0.449 e. The predicted octanol–water partition coefficient (Wildman–Crippen LogP) is 3.66. The number of fused-ring (bicyclic) bond motifs is 1. The number of hydrogen-bond donors (Lipinski definition) is 1. The Morgan fingerprint density at radius 3 is 2.25 bits per heavy atom. The number of hydrogen-bond acceptors (Lipinski definition) is 3. The molecule has 1 aliphatic carbocycles. The van der Waals surface area contributed by atoms with Crippen LogP contribution in [0.2, 0.25) is 0 Å². The molecule has 0 amide bonds. The standard InChI is InChI=1S/C17H25NO2/c1-12-9-14-15(20-16(2,3)19-14)10-13(12)17(11-18)7-5-4-6-8-17/h9-10H,4-8,11,18H2,1-3H3. The van der Waals surface area contributed by atoms with Gasteiger partial charge < -0.3 is 15.2 Å². The molecule has 0 radical (unpaired) electrons. The lowest BCUT2D eigenvalue weighted by molar-refractivity contribution is -0.0431. The highest BCUT2D eigenvalue weighted by molar-refractivity contribution is 5.51. The fourth-order valence-electron chi connectivity index (χ4n) is 3.75. The average molecular weight is 275 g/mol. The van der Waals surface area contributed by atoms with Crippen LogP contribution in [0, 0.1) is 6.92 Å². The summed E-state index contributed by atoms with van der Waals surface area (Å²) in [6.07, 6.45) is 6.26. The van der Waals surface area contributed by atoms with Crippen LogP contribution >= 0.6 is 0 Å². The summed E-state index contributed by atoms with van der Waals surface area (Å²) in [4.78, 5) is 0. The van der Waals surface area contributed by atoms with E-state index in [1.165, 1.54) is 43.2 Å². The van der Waals surface area contributed by atoms with E-state index >= 15 is 0 Å². The highest BCUT2D eigenvalue weighted by Crippen LogP contribution is 2.46. The molecular formula is C17H25NO2. The number of ether oxygens (including phenoxy) is 2. The zero-order valence-electron chi connectivity index (χ0n) is 12.8. The fourth-order valence-corrected chi connectivity index (χ4v) is 3.75. The van der Waals surface area contributed by atoms with Crippen molar-refractivity contribution in [2.24, 2.45) is 5.73 Å². The minimum absolute atomic E-state index is 0.132. The van der Waals surface area contributed by atoms with Crippen molar-refractivity contribution in [3.63, 3.8) is 0 Å². The lowest BCUT2D eigenvalue weighted by atomic mass is 9.68. The normalized spacial score (nSPS) is 22.8. The molecule has 1 aromatic rings. The van der Waals surface area contributed by atoms with Gasteiger partial charge in [-0.25, -0.2) is 0 Å². The van der Waals surface area contributed by atoms with E-state index in [9.17, 15) is 0 Å². The molecule has 1 heterocycles. The van der Waals surface area contributed by atoms with Crippen LogP contribution in [0.1, 0.15) is 57.1 Å². The highest BCUT2D eigenvalue weighted by atomic mass is 16.7. The summed E-state index contributed by atoms with van der Waals surface area (Å²) in [7, 11) is 0. The Hall–Kier alpha value is -1.22. The summed E-state index contributed by atoms with van der Waals surface area (Å²) in [6.45, 7) is 6.77. The smallest absolute Gasteiger partial charge is 0.246 e. The Bertz CT molecular complexity index is 516. The molecule has 1 aromatic carbocycles. The van der Waals surface area contributed by atoms with E-state index in [4.69, 9.17) is 15.2 Å². The SMILES string of the molecule is Cc1cc2c(cc1C1(CN)CCCCC1)OC(C)(C)O2. The second-order valence-electron chi connectivity index (χ2n) is 6.76. The molecule has 0 bridgehead atoms. The summed E-state index contributed by atoms with van der Waals surface area (Å²) in [5, 5.41) is 0. The van der Waals surface area contributed by atoms with Crippen molar-refractivity contribution in [1.82, 2.24) is 0 Å². The maximum absolute atomic E-state index is 6.17. The quantitative estimate of drug-likeness (QED) is 0.895. The lowest BCUT2D eigenvalue weighted by Crippen LogP contribution is -2.37. The molecule has 3 nitrogen and oxygen atoms in total. The van der Waals surface area contributed by atoms with Gasteiger partial charge in [0.25, 0.3) is 0 Å². The zero-order valence-corrected chi connectivity index (χ0v) is 12.8. The van der Waals surface area contributed by atoms with Crippen LogP contribution in [0.4, 0.5) is 0 Å². The van der Waals surface area contributed by atoms with Crippen molar-refractivity contribution in [1.29, 1.82) is 0 Å².